The van der Waals surface area contributed by atoms with Crippen LogP contribution in [0.15, 0.2) is 62.9 Å². The second-order valence-electron chi connectivity index (χ2n) is 7.54. The first-order chi connectivity index (χ1) is 14.9. The standard InChI is InChI=1S/C24H24ClN3O3/c1-4-21-15(2)20-11-19(9-10-22(20)31-21)26-24-27(3)13-17(14-29)23(30)28(24)12-16-5-7-18(25)8-6-16/h5-11,13,29H,4,12,14H2,1-3H3. The minimum Gasteiger partial charge on any atom is -0.461 e. The van der Waals surface area contributed by atoms with E-state index in [0.29, 0.717) is 22.7 Å². The molecule has 0 atom stereocenters. The first-order valence-corrected chi connectivity index (χ1v) is 10.5. The predicted molar refractivity (Wildman–Crippen MR) is 122 cm³/mol. The van der Waals surface area contributed by atoms with Gasteiger partial charge in [0.1, 0.15) is 11.3 Å². The van der Waals surface area contributed by atoms with E-state index in [9.17, 15) is 9.90 Å². The highest BCUT2D eigenvalue weighted by Gasteiger charge is 2.12. The van der Waals surface area contributed by atoms with Crippen LogP contribution in [-0.4, -0.2) is 14.2 Å². The molecular formula is C24H24ClN3O3. The third kappa shape index (κ3) is 4.09. The maximum Gasteiger partial charge on any atom is 0.260 e. The lowest BCUT2D eigenvalue weighted by atomic mass is 10.1. The van der Waals surface area contributed by atoms with Crippen LogP contribution in [0.3, 0.4) is 0 Å². The zero-order valence-electron chi connectivity index (χ0n) is 17.7. The molecule has 0 aliphatic carbocycles. The average molecular weight is 438 g/mol. The van der Waals surface area contributed by atoms with E-state index >= 15 is 0 Å². The van der Waals surface area contributed by atoms with Crippen LogP contribution in [0.2, 0.25) is 5.02 Å². The van der Waals surface area contributed by atoms with Gasteiger partial charge >= 0.3 is 0 Å². The van der Waals surface area contributed by atoms with Crippen molar-refractivity contribution in [1.82, 2.24) is 9.13 Å². The highest BCUT2D eigenvalue weighted by atomic mass is 35.5. The molecule has 31 heavy (non-hydrogen) atoms. The van der Waals surface area contributed by atoms with Crippen LogP contribution in [0.5, 0.6) is 0 Å². The Morgan fingerprint density at radius 1 is 1.16 bits per heavy atom. The maximum atomic E-state index is 13.0. The van der Waals surface area contributed by atoms with Crippen LogP contribution in [-0.2, 0) is 26.6 Å². The van der Waals surface area contributed by atoms with Crippen molar-refractivity contribution in [3.8, 4) is 0 Å². The third-order valence-electron chi connectivity index (χ3n) is 5.42. The second-order valence-corrected chi connectivity index (χ2v) is 7.97. The van der Waals surface area contributed by atoms with Gasteiger partial charge in [-0.3, -0.25) is 9.36 Å². The maximum absolute atomic E-state index is 13.0. The summed E-state index contributed by atoms with van der Waals surface area (Å²) in [6, 6.07) is 13.1. The van der Waals surface area contributed by atoms with Crippen LogP contribution < -0.4 is 11.2 Å². The van der Waals surface area contributed by atoms with Crippen molar-refractivity contribution in [1.29, 1.82) is 0 Å². The Balaban J connectivity index is 1.90. The normalized spacial score (nSPS) is 12.1. The van der Waals surface area contributed by atoms with Crippen molar-refractivity contribution in [3.63, 3.8) is 0 Å². The van der Waals surface area contributed by atoms with Crippen LogP contribution in [0.1, 0.15) is 29.4 Å². The topological polar surface area (TPSA) is 72.7 Å². The fourth-order valence-corrected chi connectivity index (χ4v) is 3.87. The van der Waals surface area contributed by atoms with Gasteiger partial charge in [0, 0.05) is 30.1 Å². The number of fused-ring (bicyclic) bond motifs is 1. The van der Waals surface area contributed by atoms with Gasteiger partial charge in [-0.05, 0) is 48.4 Å². The van der Waals surface area contributed by atoms with Crippen LogP contribution >= 0.6 is 11.6 Å². The van der Waals surface area contributed by atoms with Crippen LogP contribution in [0.4, 0.5) is 5.69 Å². The molecule has 0 aliphatic heterocycles. The monoisotopic (exact) mass is 437 g/mol. The van der Waals surface area contributed by atoms with Crippen molar-refractivity contribution in [2.75, 3.05) is 0 Å². The zero-order valence-corrected chi connectivity index (χ0v) is 18.5. The molecule has 0 saturated carbocycles. The van der Waals surface area contributed by atoms with E-state index in [1.807, 2.05) is 44.3 Å². The number of halogens is 1. The molecular weight excluding hydrogens is 414 g/mol. The van der Waals surface area contributed by atoms with E-state index in [0.717, 1.165) is 40.0 Å². The van der Waals surface area contributed by atoms with E-state index in [4.69, 9.17) is 21.0 Å². The molecule has 4 aromatic rings. The second kappa shape index (κ2) is 8.57. The Hall–Kier alpha value is -3.09. The molecule has 160 valence electrons. The van der Waals surface area contributed by atoms with Crippen molar-refractivity contribution >= 4 is 28.3 Å². The SMILES string of the molecule is CCc1oc2ccc(N=c3n(C)cc(CO)c(=O)n3Cc3ccc(Cl)cc3)cc2c1C. The lowest BCUT2D eigenvalue weighted by Gasteiger charge is -2.13. The molecule has 0 unspecified atom stereocenters. The first kappa shape index (κ1) is 21.2. The van der Waals surface area contributed by atoms with Crippen molar-refractivity contribution in [2.45, 2.75) is 33.4 Å². The van der Waals surface area contributed by atoms with Gasteiger partial charge in [0.05, 0.1) is 24.4 Å². The number of aliphatic hydroxyl groups excluding tert-OH is 1. The summed E-state index contributed by atoms with van der Waals surface area (Å²) in [5.41, 5.74) is 4.07. The molecule has 2 heterocycles. The Labute approximate surface area is 184 Å². The average Bonchev–Trinajstić information content (AvgIpc) is 3.09. The zero-order chi connectivity index (χ0) is 22.1. The predicted octanol–water partition coefficient (Wildman–Crippen LogP) is 4.23. The minimum absolute atomic E-state index is 0.275. The van der Waals surface area contributed by atoms with E-state index < -0.39 is 0 Å². The molecule has 0 aliphatic rings. The van der Waals surface area contributed by atoms with Crippen LogP contribution in [0.25, 0.3) is 11.0 Å². The van der Waals surface area contributed by atoms with Gasteiger partial charge in [-0.25, -0.2) is 4.99 Å². The fourth-order valence-electron chi connectivity index (χ4n) is 3.75. The lowest BCUT2D eigenvalue weighted by molar-refractivity contribution is 0.277. The fraction of sp³-hybridized carbons (Fsp3) is 0.250. The number of aryl methyl sites for hydroxylation is 3. The van der Waals surface area contributed by atoms with Crippen LogP contribution in [0, 0.1) is 6.92 Å². The molecule has 2 aromatic heterocycles. The number of hydrogen-bond donors (Lipinski definition) is 1. The molecule has 0 saturated heterocycles. The Morgan fingerprint density at radius 3 is 2.58 bits per heavy atom. The molecule has 2 aromatic carbocycles. The molecule has 4 rings (SSSR count). The summed E-state index contributed by atoms with van der Waals surface area (Å²) < 4.78 is 9.22. The molecule has 7 heteroatoms. The summed E-state index contributed by atoms with van der Waals surface area (Å²) in [5, 5.41) is 11.3. The van der Waals surface area contributed by atoms with Gasteiger partial charge in [-0.15, -0.1) is 0 Å². The summed E-state index contributed by atoms with van der Waals surface area (Å²) in [5.74, 6) is 0.963. The number of hydrogen-bond acceptors (Lipinski definition) is 4. The van der Waals surface area contributed by atoms with Gasteiger partial charge in [0.2, 0.25) is 5.62 Å². The largest absolute Gasteiger partial charge is 0.461 e. The molecule has 0 radical (unpaired) electrons. The highest BCUT2D eigenvalue weighted by molar-refractivity contribution is 6.30. The summed E-state index contributed by atoms with van der Waals surface area (Å²) in [4.78, 5) is 17.8. The quantitative estimate of drug-likeness (QED) is 0.507. The van der Waals surface area contributed by atoms with Crippen molar-refractivity contribution in [2.24, 2.45) is 12.0 Å². The molecule has 0 bridgehead atoms. The highest BCUT2D eigenvalue weighted by Crippen LogP contribution is 2.29. The van der Waals surface area contributed by atoms with Crippen molar-refractivity contribution < 1.29 is 9.52 Å². The smallest absolute Gasteiger partial charge is 0.260 e. The van der Waals surface area contributed by atoms with Gasteiger partial charge in [-0.2, -0.15) is 0 Å². The molecule has 6 nitrogen and oxygen atoms in total. The van der Waals surface area contributed by atoms with Gasteiger partial charge in [0.25, 0.3) is 5.56 Å². The van der Waals surface area contributed by atoms with E-state index in [-0.39, 0.29) is 12.2 Å². The number of aliphatic hydroxyl groups is 1. The number of aromatic nitrogens is 2. The molecule has 0 spiro atoms. The number of rotatable bonds is 5. The summed E-state index contributed by atoms with van der Waals surface area (Å²) in [6.45, 7) is 4.08. The van der Waals surface area contributed by atoms with Gasteiger partial charge in [0.15, 0.2) is 0 Å². The first-order valence-electron chi connectivity index (χ1n) is 10.1. The Kier molecular flexibility index (Phi) is 5.85. The van der Waals surface area contributed by atoms with E-state index in [2.05, 4.69) is 6.92 Å². The summed E-state index contributed by atoms with van der Waals surface area (Å²) >= 11 is 6.00. The van der Waals surface area contributed by atoms with Crippen molar-refractivity contribution in [3.05, 3.63) is 92.1 Å². The number of benzene rings is 2. The Morgan fingerprint density at radius 2 is 1.90 bits per heavy atom. The molecule has 0 fully saturated rings. The summed E-state index contributed by atoms with van der Waals surface area (Å²) in [6.07, 6.45) is 2.45. The Bertz CT molecular complexity index is 1380. The minimum atomic E-state index is -0.340. The van der Waals surface area contributed by atoms with E-state index in [1.54, 1.807) is 27.5 Å². The molecule has 1 N–H and O–H groups in total. The number of nitrogens with zero attached hydrogens (tertiary/aromatic N) is 3. The summed E-state index contributed by atoms with van der Waals surface area (Å²) in [7, 11) is 1.81. The lowest BCUT2D eigenvalue weighted by Crippen LogP contribution is -2.41. The van der Waals surface area contributed by atoms with E-state index in [1.165, 1.54) is 0 Å². The third-order valence-corrected chi connectivity index (χ3v) is 5.67. The van der Waals surface area contributed by atoms with Gasteiger partial charge < -0.3 is 14.1 Å². The molecule has 0 amide bonds. The number of furan rings is 1. The van der Waals surface area contributed by atoms with Gasteiger partial charge in [-0.1, -0.05) is 30.7 Å².